The van der Waals surface area contributed by atoms with Crippen LogP contribution in [0.3, 0.4) is 0 Å². The van der Waals surface area contributed by atoms with Crippen LogP contribution in [0.2, 0.25) is 0 Å². The molecule has 0 bridgehead atoms. The van der Waals surface area contributed by atoms with Gasteiger partial charge >= 0.3 is 0 Å². The molecule has 2 aromatic heterocycles. The first-order valence-electron chi connectivity index (χ1n) is 8.12. The zero-order valence-electron chi connectivity index (χ0n) is 13.9. The number of halogens is 1. The Morgan fingerprint density at radius 2 is 1.91 bits per heavy atom. The van der Waals surface area contributed by atoms with Gasteiger partial charge in [0, 0.05) is 29.3 Å². The van der Waals surface area contributed by atoms with E-state index in [9.17, 15) is 4.39 Å². The van der Waals surface area contributed by atoms with E-state index in [-0.39, 0.29) is 0 Å². The normalized spacial score (nSPS) is 11.1. The highest BCUT2D eigenvalue weighted by Crippen LogP contribution is 2.30. The quantitative estimate of drug-likeness (QED) is 0.674. The van der Waals surface area contributed by atoms with Crippen LogP contribution in [0.25, 0.3) is 10.9 Å². The highest BCUT2D eigenvalue weighted by molar-refractivity contribution is 5.89. The Hall–Kier alpha value is -2.36. The molecule has 0 saturated heterocycles. The third-order valence-corrected chi connectivity index (χ3v) is 4.29. The second kappa shape index (κ2) is 6.41. The molecule has 23 heavy (non-hydrogen) atoms. The fraction of sp³-hybridized carbons (Fsp3) is 0.316. The van der Waals surface area contributed by atoms with Gasteiger partial charge in [0.2, 0.25) is 5.95 Å². The maximum absolute atomic E-state index is 12.9. The third kappa shape index (κ3) is 2.93. The molecule has 4 heteroatoms. The fourth-order valence-corrected chi connectivity index (χ4v) is 3.22. The summed E-state index contributed by atoms with van der Waals surface area (Å²) in [5.74, 6) is -0.466. The molecule has 2 heterocycles. The molecular weight excluding hydrogens is 289 g/mol. The summed E-state index contributed by atoms with van der Waals surface area (Å²) in [6.07, 6.45) is 4.77. The summed E-state index contributed by atoms with van der Waals surface area (Å²) < 4.78 is 15.2. The van der Waals surface area contributed by atoms with Crippen LogP contribution in [-0.2, 0) is 19.9 Å². The predicted octanol–water partition coefficient (Wildman–Crippen LogP) is 4.97. The van der Waals surface area contributed by atoms with E-state index < -0.39 is 5.95 Å². The van der Waals surface area contributed by atoms with Crippen molar-refractivity contribution >= 4 is 22.3 Å². The molecule has 1 N–H and O–H groups in total. The third-order valence-electron chi connectivity index (χ3n) is 4.29. The Bertz CT molecular complexity index is 819. The number of anilines is 2. The maximum Gasteiger partial charge on any atom is 0.212 e. The van der Waals surface area contributed by atoms with Gasteiger partial charge in [0.25, 0.3) is 0 Å². The monoisotopic (exact) mass is 311 g/mol. The molecule has 0 radical (unpaired) electrons. The Morgan fingerprint density at radius 1 is 1.13 bits per heavy atom. The van der Waals surface area contributed by atoms with Gasteiger partial charge in [-0.15, -0.1) is 0 Å². The summed E-state index contributed by atoms with van der Waals surface area (Å²) >= 11 is 0. The smallest absolute Gasteiger partial charge is 0.212 e. The van der Waals surface area contributed by atoms with Crippen molar-refractivity contribution in [1.29, 1.82) is 0 Å². The predicted molar refractivity (Wildman–Crippen MR) is 93.8 cm³/mol. The zero-order valence-corrected chi connectivity index (χ0v) is 13.9. The number of nitrogens with one attached hydrogen (secondary N) is 1. The number of hydrogen-bond acceptors (Lipinski definition) is 2. The van der Waals surface area contributed by atoms with E-state index in [1.165, 1.54) is 34.4 Å². The summed E-state index contributed by atoms with van der Waals surface area (Å²) in [6, 6.07) is 9.44. The first-order valence-corrected chi connectivity index (χ1v) is 8.12. The van der Waals surface area contributed by atoms with Crippen LogP contribution in [0.15, 0.2) is 36.5 Å². The molecular formula is C19H22FN3. The van der Waals surface area contributed by atoms with Crippen LogP contribution in [-0.4, -0.2) is 9.55 Å². The molecule has 0 fully saturated rings. The van der Waals surface area contributed by atoms with Crippen molar-refractivity contribution in [3.8, 4) is 0 Å². The van der Waals surface area contributed by atoms with E-state index in [4.69, 9.17) is 0 Å². The number of rotatable bonds is 5. The van der Waals surface area contributed by atoms with Gasteiger partial charge < -0.3 is 9.88 Å². The van der Waals surface area contributed by atoms with Crippen molar-refractivity contribution in [3.05, 3.63) is 53.7 Å². The maximum atomic E-state index is 12.9. The topological polar surface area (TPSA) is 29.9 Å². The van der Waals surface area contributed by atoms with E-state index in [2.05, 4.69) is 54.0 Å². The molecule has 3 nitrogen and oxygen atoms in total. The van der Waals surface area contributed by atoms with E-state index >= 15 is 0 Å². The van der Waals surface area contributed by atoms with Gasteiger partial charge in [-0.25, -0.2) is 4.98 Å². The number of aryl methyl sites for hydroxylation is 2. The van der Waals surface area contributed by atoms with Crippen molar-refractivity contribution in [2.24, 2.45) is 7.05 Å². The summed E-state index contributed by atoms with van der Waals surface area (Å²) in [5.41, 5.74) is 5.88. The van der Waals surface area contributed by atoms with Crippen LogP contribution in [0, 0.1) is 5.95 Å². The second-order valence-electron chi connectivity index (χ2n) is 5.81. The Kier molecular flexibility index (Phi) is 4.33. The Balaban J connectivity index is 2.02. The van der Waals surface area contributed by atoms with Crippen LogP contribution in [0.4, 0.5) is 15.8 Å². The molecule has 0 amide bonds. The highest BCUT2D eigenvalue weighted by atomic mass is 19.1. The average Bonchev–Trinajstić information content (AvgIpc) is 2.82. The lowest BCUT2D eigenvalue weighted by molar-refractivity contribution is 0.584. The molecule has 0 unspecified atom stereocenters. The van der Waals surface area contributed by atoms with E-state index in [0.717, 1.165) is 30.6 Å². The largest absolute Gasteiger partial charge is 0.354 e. The minimum Gasteiger partial charge on any atom is -0.354 e. The lowest BCUT2D eigenvalue weighted by Gasteiger charge is -2.07. The van der Waals surface area contributed by atoms with Crippen LogP contribution < -0.4 is 5.32 Å². The summed E-state index contributed by atoms with van der Waals surface area (Å²) in [7, 11) is 2.14. The summed E-state index contributed by atoms with van der Waals surface area (Å²) in [4.78, 5) is 3.68. The lowest BCUT2D eigenvalue weighted by atomic mass is 10.1. The number of aromatic nitrogens is 2. The summed E-state index contributed by atoms with van der Waals surface area (Å²) in [6.45, 7) is 4.42. The first-order chi connectivity index (χ1) is 11.1. The zero-order chi connectivity index (χ0) is 16.4. The van der Waals surface area contributed by atoms with E-state index in [1.54, 1.807) is 6.07 Å². The number of fused-ring (bicyclic) bond motifs is 1. The van der Waals surface area contributed by atoms with E-state index in [0.29, 0.717) is 0 Å². The molecule has 0 aliphatic carbocycles. The fourth-order valence-electron chi connectivity index (χ4n) is 3.22. The molecule has 1 aromatic carbocycles. The average molecular weight is 311 g/mol. The van der Waals surface area contributed by atoms with E-state index in [1.807, 2.05) is 0 Å². The minimum absolute atomic E-state index is 0.466. The highest BCUT2D eigenvalue weighted by Gasteiger charge is 2.13. The van der Waals surface area contributed by atoms with Crippen molar-refractivity contribution in [2.45, 2.75) is 33.1 Å². The second-order valence-corrected chi connectivity index (χ2v) is 5.81. The molecule has 3 rings (SSSR count). The number of pyridine rings is 1. The van der Waals surface area contributed by atoms with Crippen LogP contribution in [0.1, 0.15) is 31.5 Å². The van der Waals surface area contributed by atoms with Gasteiger partial charge in [0.15, 0.2) is 0 Å². The summed E-state index contributed by atoms with van der Waals surface area (Å²) in [5, 5.41) is 4.59. The van der Waals surface area contributed by atoms with Gasteiger partial charge in [-0.1, -0.05) is 20.3 Å². The van der Waals surface area contributed by atoms with Gasteiger partial charge in [-0.3, -0.25) is 0 Å². The molecule has 0 atom stereocenters. The SMILES string of the molecule is CCCc1c(CC)c2cc(Nc3ccc(F)nc3)ccc2n1C. The number of hydrogen-bond donors (Lipinski definition) is 1. The first kappa shape index (κ1) is 15.5. The number of benzene rings is 1. The van der Waals surface area contributed by atoms with Crippen molar-refractivity contribution in [2.75, 3.05) is 5.32 Å². The van der Waals surface area contributed by atoms with Gasteiger partial charge in [0.05, 0.1) is 11.9 Å². The number of nitrogens with zero attached hydrogens (tertiary/aromatic N) is 2. The molecule has 0 spiro atoms. The van der Waals surface area contributed by atoms with Gasteiger partial charge in [-0.05, 0) is 48.7 Å². The molecule has 0 saturated carbocycles. The lowest BCUT2D eigenvalue weighted by Crippen LogP contribution is -1.98. The molecule has 120 valence electrons. The minimum atomic E-state index is -0.466. The van der Waals surface area contributed by atoms with Crippen LogP contribution in [0.5, 0.6) is 0 Å². The standard InChI is InChI=1S/C19H22FN3/c1-4-6-17-15(5-2)16-11-13(7-9-18(16)23(17)3)22-14-8-10-19(20)21-12-14/h7-12,22H,4-6H2,1-3H3. The Morgan fingerprint density at radius 3 is 2.57 bits per heavy atom. The van der Waals surface area contributed by atoms with Crippen LogP contribution >= 0.6 is 0 Å². The molecule has 0 aliphatic rings. The van der Waals surface area contributed by atoms with Crippen molar-refractivity contribution < 1.29 is 4.39 Å². The molecule has 3 aromatic rings. The molecule has 0 aliphatic heterocycles. The van der Waals surface area contributed by atoms with Crippen molar-refractivity contribution in [3.63, 3.8) is 0 Å². The van der Waals surface area contributed by atoms with Gasteiger partial charge in [0.1, 0.15) is 0 Å². The van der Waals surface area contributed by atoms with Gasteiger partial charge in [-0.2, -0.15) is 4.39 Å². The Labute approximate surface area is 136 Å². The van der Waals surface area contributed by atoms with Crippen molar-refractivity contribution in [1.82, 2.24) is 9.55 Å².